The van der Waals surface area contributed by atoms with Gasteiger partial charge in [-0.2, -0.15) is 0 Å². The SMILES string of the molecule is CC1(C)c2ccccc2-c2c1cc(-c1c3ccccc3c(-c3ccccc3)c3ccc(-c4ccc5c(c4)C(c4ccccc4)(c4ccccc4)c4ccccc4-5)cc13)c1ccccc21. The Morgan fingerprint density at radius 2 is 0.734 bits per heavy atom. The largest absolute Gasteiger partial charge is 0.0713 e. The van der Waals surface area contributed by atoms with Crippen LogP contribution in [-0.2, 0) is 10.8 Å². The van der Waals surface area contributed by atoms with Gasteiger partial charge in [-0.3, -0.25) is 0 Å². The molecule has 0 unspecified atom stereocenters. The molecule has 0 heterocycles. The van der Waals surface area contributed by atoms with Crippen LogP contribution in [0.2, 0.25) is 0 Å². The van der Waals surface area contributed by atoms with Crippen LogP contribution in [0.15, 0.2) is 231 Å². The smallest absolute Gasteiger partial charge is 0.0622 e. The molecule has 0 fully saturated rings. The Morgan fingerprint density at radius 3 is 1.42 bits per heavy atom. The van der Waals surface area contributed by atoms with Crippen LogP contribution in [0.3, 0.4) is 0 Å². The van der Waals surface area contributed by atoms with Gasteiger partial charge < -0.3 is 0 Å². The summed E-state index contributed by atoms with van der Waals surface area (Å²) in [6.45, 7) is 4.81. The van der Waals surface area contributed by atoms with Gasteiger partial charge in [-0.15, -0.1) is 0 Å². The van der Waals surface area contributed by atoms with Crippen LogP contribution in [0.25, 0.3) is 88.0 Å². The Morgan fingerprint density at radius 1 is 0.250 bits per heavy atom. The molecule has 0 heteroatoms. The Labute approximate surface area is 374 Å². The lowest BCUT2D eigenvalue weighted by Gasteiger charge is -2.34. The first-order chi connectivity index (χ1) is 31.5. The van der Waals surface area contributed by atoms with Crippen molar-refractivity contribution < 1.29 is 0 Å². The third-order valence-corrected chi connectivity index (χ3v) is 14.7. The van der Waals surface area contributed by atoms with Gasteiger partial charge in [0, 0.05) is 5.41 Å². The standard InChI is InChI=1S/C64H44/c1-63(2)56-32-18-17-31-53(56)62-49-28-13-12-26-46(49)55(40-59(62)63)61-51-30-15-14-29-50(51)60(41-20-6-3-7-21-41)52-37-35-42(38-54(52)61)43-34-36-48-47-27-16-19-33-57(47)64(58(48)39-43,44-22-8-4-9-23-44)45-24-10-5-11-25-45/h3-40H,1-2H3. The van der Waals surface area contributed by atoms with Crippen LogP contribution in [0.1, 0.15) is 47.2 Å². The van der Waals surface area contributed by atoms with E-state index in [9.17, 15) is 0 Å². The molecule has 0 aliphatic heterocycles. The third-order valence-electron chi connectivity index (χ3n) is 14.7. The van der Waals surface area contributed by atoms with E-state index in [1.54, 1.807) is 0 Å². The van der Waals surface area contributed by atoms with Crippen molar-refractivity contribution in [2.24, 2.45) is 0 Å². The summed E-state index contributed by atoms with van der Waals surface area (Å²) in [5, 5.41) is 7.64. The van der Waals surface area contributed by atoms with E-state index in [1.165, 1.54) is 121 Å². The zero-order chi connectivity index (χ0) is 42.6. The van der Waals surface area contributed by atoms with Crippen molar-refractivity contribution >= 4 is 32.3 Å². The van der Waals surface area contributed by atoms with Gasteiger partial charge in [-0.1, -0.05) is 226 Å². The predicted octanol–water partition coefficient (Wildman–Crippen LogP) is 16.8. The van der Waals surface area contributed by atoms with Crippen molar-refractivity contribution in [3.8, 4) is 55.6 Å². The number of benzene rings is 11. The summed E-state index contributed by atoms with van der Waals surface area (Å²) < 4.78 is 0. The quantitative estimate of drug-likeness (QED) is 0.152. The van der Waals surface area contributed by atoms with Gasteiger partial charge >= 0.3 is 0 Å². The maximum Gasteiger partial charge on any atom is 0.0713 e. The first kappa shape index (κ1) is 36.8. The second-order valence-electron chi connectivity index (χ2n) is 18.3. The number of hydrogen-bond acceptors (Lipinski definition) is 0. The molecule has 0 atom stereocenters. The Hall–Kier alpha value is -7.80. The molecule has 64 heavy (non-hydrogen) atoms. The van der Waals surface area contributed by atoms with E-state index in [4.69, 9.17) is 0 Å². The van der Waals surface area contributed by atoms with Crippen LogP contribution in [-0.4, -0.2) is 0 Å². The summed E-state index contributed by atoms with van der Waals surface area (Å²) in [6.07, 6.45) is 0. The lowest BCUT2D eigenvalue weighted by molar-refractivity contribution is 0.661. The number of hydrogen-bond donors (Lipinski definition) is 0. The van der Waals surface area contributed by atoms with Gasteiger partial charge in [-0.05, 0) is 140 Å². The fraction of sp³-hybridized carbons (Fsp3) is 0.0625. The molecule has 0 spiro atoms. The summed E-state index contributed by atoms with van der Waals surface area (Å²) in [7, 11) is 0. The predicted molar refractivity (Wildman–Crippen MR) is 270 cm³/mol. The topological polar surface area (TPSA) is 0 Å². The molecule has 2 aliphatic carbocycles. The molecular weight excluding hydrogens is 769 g/mol. The van der Waals surface area contributed by atoms with Gasteiger partial charge in [0.25, 0.3) is 0 Å². The average Bonchev–Trinajstić information content (AvgIpc) is 3.78. The van der Waals surface area contributed by atoms with Crippen molar-refractivity contribution in [2.75, 3.05) is 0 Å². The highest BCUT2D eigenvalue weighted by atomic mass is 14.5. The molecule has 0 radical (unpaired) electrons. The van der Waals surface area contributed by atoms with Gasteiger partial charge in [0.15, 0.2) is 0 Å². The minimum absolute atomic E-state index is 0.155. The van der Waals surface area contributed by atoms with E-state index in [-0.39, 0.29) is 5.41 Å². The fourth-order valence-corrected chi connectivity index (χ4v) is 11.9. The summed E-state index contributed by atoms with van der Waals surface area (Å²) in [5.41, 5.74) is 20.1. The summed E-state index contributed by atoms with van der Waals surface area (Å²) >= 11 is 0. The van der Waals surface area contributed by atoms with Crippen LogP contribution in [0.5, 0.6) is 0 Å². The maximum absolute atomic E-state index is 2.55. The molecule has 13 rings (SSSR count). The second kappa shape index (κ2) is 13.9. The summed E-state index contributed by atoms with van der Waals surface area (Å²) in [6, 6.07) is 86.6. The Balaban J connectivity index is 1.13. The van der Waals surface area contributed by atoms with E-state index < -0.39 is 5.41 Å². The van der Waals surface area contributed by atoms with Gasteiger partial charge in [0.05, 0.1) is 5.41 Å². The highest BCUT2D eigenvalue weighted by Gasteiger charge is 2.46. The molecule has 2 aliphatic rings. The summed E-state index contributed by atoms with van der Waals surface area (Å²) in [5.74, 6) is 0. The number of fused-ring (bicyclic) bond motifs is 10. The zero-order valence-electron chi connectivity index (χ0n) is 35.9. The maximum atomic E-state index is 2.55. The molecular formula is C64H44. The molecule has 0 amide bonds. The summed E-state index contributed by atoms with van der Waals surface area (Å²) in [4.78, 5) is 0. The highest BCUT2D eigenvalue weighted by Crippen LogP contribution is 2.58. The molecule has 0 bridgehead atoms. The molecule has 0 nitrogen and oxygen atoms in total. The molecule has 0 aromatic heterocycles. The first-order valence-electron chi connectivity index (χ1n) is 22.6. The molecule has 300 valence electrons. The van der Waals surface area contributed by atoms with Crippen molar-refractivity contribution in [1.82, 2.24) is 0 Å². The third kappa shape index (κ3) is 5.06. The monoisotopic (exact) mass is 812 g/mol. The van der Waals surface area contributed by atoms with E-state index in [0.717, 1.165) is 0 Å². The van der Waals surface area contributed by atoms with Crippen molar-refractivity contribution in [3.63, 3.8) is 0 Å². The molecule has 11 aromatic carbocycles. The van der Waals surface area contributed by atoms with Gasteiger partial charge in [0.1, 0.15) is 0 Å². The lowest BCUT2D eigenvalue weighted by atomic mass is 9.67. The van der Waals surface area contributed by atoms with E-state index in [2.05, 4.69) is 244 Å². The Kier molecular flexibility index (Phi) is 7.97. The minimum Gasteiger partial charge on any atom is -0.0622 e. The van der Waals surface area contributed by atoms with Crippen LogP contribution in [0.4, 0.5) is 0 Å². The normalized spacial score (nSPS) is 14.0. The second-order valence-corrected chi connectivity index (χ2v) is 18.3. The van der Waals surface area contributed by atoms with Crippen molar-refractivity contribution in [3.05, 3.63) is 264 Å². The minimum atomic E-state index is -0.475. The van der Waals surface area contributed by atoms with Gasteiger partial charge in [0.2, 0.25) is 0 Å². The van der Waals surface area contributed by atoms with Crippen LogP contribution in [0, 0.1) is 0 Å². The van der Waals surface area contributed by atoms with E-state index in [0.29, 0.717) is 0 Å². The lowest BCUT2D eigenvalue weighted by Crippen LogP contribution is -2.28. The van der Waals surface area contributed by atoms with Crippen molar-refractivity contribution in [2.45, 2.75) is 24.7 Å². The molecule has 11 aromatic rings. The molecule has 0 saturated carbocycles. The average molecular weight is 813 g/mol. The first-order valence-corrected chi connectivity index (χ1v) is 22.6. The molecule has 0 N–H and O–H groups in total. The van der Waals surface area contributed by atoms with E-state index in [1.807, 2.05) is 0 Å². The Bertz CT molecular complexity index is 3630. The highest BCUT2D eigenvalue weighted by molar-refractivity contribution is 6.25. The van der Waals surface area contributed by atoms with Gasteiger partial charge in [-0.25, -0.2) is 0 Å². The zero-order valence-corrected chi connectivity index (χ0v) is 35.9. The number of rotatable bonds is 5. The fourth-order valence-electron chi connectivity index (χ4n) is 11.9. The molecule has 0 saturated heterocycles. The van der Waals surface area contributed by atoms with Crippen molar-refractivity contribution in [1.29, 1.82) is 0 Å². The van der Waals surface area contributed by atoms with Crippen LogP contribution < -0.4 is 0 Å². The van der Waals surface area contributed by atoms with Crippen LogP contribution >= 0.6 is 0 Å². The van der Waals surface area contributed by atoms with E-state index >= 15 is 0 Å².